The van der Waals surface area contributed by atoms with E-state index in [1.54, 1.807) is 6.07 Å². The second-order valence-corrected chi connectivity index (χ2v) is 7.16. The lowest BCUT2D eigenvalue weighted by molar-refractivity contribution is -0.131. The van der Waals surface area contributed by atoms with Gasteiger partial charge in [0.05, 0.1) is 10.0 Å². The number of amides is 1. The summed E-state index contributed by atoms with van der Waals surface area (Å²) in [4.78, 5) is 11.8. The molecular weight excluding hydrogens is 326 g/mol. The van der Waals surface area contributed by atoms with Crippen LogP contribution in [0.25, 0.3) is 0 Å². The second-order valence-electron chi connectivity index (χ2n) is 6.34. The van der Waals surface area contributed by atoms with Crippen molar-refractivity contribution in [2.24, 2.45) is 0 Å². The van der Waals surface area contributed by atoms with E-state index in [-0.39, 0.29) is 5.41 Å². The maximum atomic E-state index is 13.7. The average molecular weight is 347 g/mol. The summed E-state index contributed by atoms with van der Waals surface area (Å²) in [5, 5.41) is 7.07. The number of carbonyl (C=O) groups is 1. The van der Waals surface area contributed by atoms with Crippen LogP contribution < -0.4 is 10.6 Å². The molecular formula is C16H21Cl2FN2O. The molecule has 1 aromatic rings. The fraction of sp³-hybridized carbons (Fsp3) is 0.562. The number of carbonyl (C=O) groups excluding carboxylic acids is 1. The third-order valence-corrected chi connectivity index (χ3v) is 4.87. The van der Waals surface area contributed by atoms with Gasteiger partial charge in [-0.2, -0.15) is 0 Å². The smallest absolute Gasteiger partial charge is 0.257 e. The maximum absolute atomic E-state index is 13.7. The van der Waals surface area contributed by atoms with E-state index in [1.165, 1.54) is 13.8 Å². The molecule has 0 bridgehead atoms. The Bertz CT molecular complexity index is 552. The zero-order valence-corrected chi connectivity index (χ0v) is 14.3. The molecule has 1 aliphatic heterocycles. The summed E-state index contributed by atoms with van der Waals surface area (Å²) < 4.78 is 13.7. The summed E-state index contributed by atoms with van der Waals surface area (Å²) in [5.41, 5.74) is -1.18. The maximum Gasteiger partial charge on any atom is 0.257 e. The van der Waals surface area contributed by atoms with Crippen LogP contribution in [0.5, 0.6) is 0 Å². The molecule has 0 aromatic heterocycles. The lowest BCUT2D eigenvalue weighted by Crippen LogP contribution is -2.52. The Labute approximate surface area is 140 Å². The topological polar surface area (TPSA) is 41.1 Å². The molecule has 0 unspecified atom stereocenters. The molecule has 1 atom stereocenters. The van der Waals surface area contributed by atoms with Gasteiger partial charge in [-0.05, 0) is 50.9 Å². The highest BCUT2D eigenvalue weighted by atomic mass is 35.5. The number of piperidine rings is 1. The Morgan fingerprint density at radius 1 is 1.41 bits per heavy atom. The average Bonchev–Trinajstić information content (AvgIpc) is 2.47. The standard InChI is InChI=1S/C16H21Cl2FN2O/c1-15(2,19)14(22)21-10-16(6-3-7-20-9-16)11-4-5-12(17)13(18)8-11/h4-5,8,20H,3,6-7,9-10H2,1-2H3,(H,21,22)/t16-/m0/s1. The molecule has 1 fully saturated rings. The van der Waals surface area contributed by atoms with Crippen LogP contribution >= 0.6 is 23.2 Å². The van der Waals surface area contributed by atoms with E-state index in [0.29, 0.717) is 23.1 Å². The van der Waals surface area contributed by atoms with E-state index in [4.69, 9.17) is 23.2 Å². The van der Waals surface area contributed by atoms with Crippen molar-refractivity contribution in [3.05, 3.63) is 33.8 Å². The van der Waals surface area contributed by atoms with Crippen LogP contribution in [0.2, 0.25) is 10.0 Å². The van der Waals surface area contributed by atoms with Crippen molar-refractivity contribution in [3.8, 4) is 0 Å². The highest BCUT2D eigenvalue weighted by molar-refractivity contribution is 6.42. The van der Waals surface area contributed by atoms with E-state index in [0.717, 1.165) is 24.9 Å². The van der Waals surface area contributed by atoms with E-state index in [2.05, 4.69) is 10.6 Å². The Kier molecular flexibility index (Phi) is 5.36. The van der Waals surface area contributed by atoms with Crippen LogP contribution in [-0.2, 0) is 10.2 Å². The molecule has 0 radical (unpaired) electrons. The van der Waals surface area contributed by atoms with Crippen LogP contribution in [0.4, 0.5) is 4.39 Å². The van der Waals surface area contributed by atoms with E-state index in [9.17, 15) is 9.18 Å². The van der Waals surface area contributed by atoms with Gasteiger partial charge in [0.25, 0.3) is 5.91 Å². The number of hydrogen-bond acceptors (Lipinski definition) is 2. The van der Waals surface area contributed by atoms with Gasteiger partial charge in [-0.15, -0.1) is 0 Å². The van der Waals surface area contributed by atoms with Gasteiger partial charge in [-0.25, -0.2) is 4.39 Å². The molecule has 6 heteroatoms. The first kappa shape index (κ1) is 17.5. The van der Waals surface area contributed by atoms with Crippen LogP contribution in [0.15, 0.2) is 18.2 Å². The van der Waals surface area contributed by atoms with Gasteiger partial charge in [0.15, 0.2) is 5.67 Å². The molecule has 122 valence electrons. The first-order valence-electron chi connectivity index (χ1n) is 7.38. The molecule has 22 heavy (non-hydrogen) atoms. The fourth-order valence-electron chi connectivity index (χ4n) is 2.75. The summed E-state index contributed by atoms with van der Waals surface area (Å²) in [6.07, 6.45) is 1.88. The molecule has 0 spiro atoms. The molecule has 0 saturated carbocycles. The summed E-state index contributed by atoms with van der Waals surface area (Å²) in [6.45, 7) is 4.52. The second kappa shape index (κ2) is 6.73. The zero-order valence-electron chi connectivity index (χ0n) is 12.8. The van der Waals surface area contributed by atoms with Gasteiger partial charge >= 0.3 is 0 Å². The largest absolute Gasteiger partial charge is 0.352 e. The first-order valence-corrected chi connectivity index (χ1v) is 8.14. The molecule has 1 saturated heterocycles. The Hall–Kier alpha value is -0.840. The Balaban J connectivity index is 2.24. The number of nitrogens with one attached hydrogen (secondary N) is 2. The minimum atomic E-state index is -1.89. The van der Waals surface area contributed by atoms with E-state index in [1.807, 2.05) is 12.1 Å². The lowest BCUT2D eigenvalue weighted by Gasteiger charge is -2.39. The number of alkyl halides is 1. The normalized spacial score (nSPS) is 22.4. The van der Waals surface area contributed by atoms with Gasteiger partial charge in [-0.3, -0.25) is 4.79 Å². The lowest BCUT2D eigenvalue weighted by atomic mass is 9.74. The number of halogens is 3. The van der Waals surface area contributed by atoms with Crippen LogP contribution in [-0.4, -0.2) is 31.2 Å². The Morgan fingerprint density at radius 2 is 2.14 bits per heavy atom. The predicted octanol–water partition coefficient (Wildman–Crippen LogP) is 3.48. The number of hydrogen-bond donors (Lipinski definition) is 2. The van der Waals surface area contributed by atoms with Crippen molar-refractivity contribution in [1.29, 1.82) is 0 Å². The van der Waals surface area contributed by atoms with Crippen LogP contribution in [0.1, 0.15) is 32.3 Å². The Morgan fingerprint density at radius 3 is 2.68 bits per heavy atom. The van der Waals surface area contributed by atoms with Gasteiger partial charge in [0.2, 0.25) is 0 Å². The van der Waals surface area contributed by atoms with Gasteiger partial charge < -0.3 is 10.6 Å². The zero-order chi connectivity index (χ0) is 16.4. The SMILES string of the molecule is CC(C)(F)C(=O)NC[C@]1(c2ccc(Cl)c(Cl)c2)CCCNC1. The third kappa shape index (κ3) is 3.92. The molecule has 2 rings (SSSR count). The van der Waals surface area contributed by atoms with Gasteiger partial charge in [-0.1, -0.05) is 29.3 Å². The van der Waals surface area contributed by atoms with E-state index >= 15 is 0 Å². The molecule has 1 aliphatic rings. The summed E-state index contributed by atoms with van der Waals surface area (Å²) in [5.74, 6) is -0.600. The molecule has 1 amide bonds. The number of benzene rings is 1. The van der Waals surface area contributed by atoms with Crippen LogP contribution in [0, 0.1) is 0 Å². The molecule has 1 heterocycles. The van der Waals surface area contributed by atoms with Gasteiger partial charge in [0, 0.05) is 18.5 Å². The molecule has 3 nitrogen and oxygen atoms in total. The molecule has 1 aromatic carbocycles. The minimum Gasteiger partial charge on any atom is -0.352 e. The van der Waals surface area contributed by atoms with Crippen molar-refractivity contribution in [2.45, 2.75) is 37.8 Å². The summed E-state index contributed by atoms with van der Waals surface area (Å²) in [7, 11) is 0. The van der Waals surface area contributed by atoms with Crippen molar-refractivity contribution in [2.75, 3.05) is 19.6 Å². The first-order chi connectivity index (χ1) is 10.2. The minimum absolute atomic E-state index is 0.298. The van der Waals surface area contributed by atoms with Crippen molar-refractivity contribution in [1.82, 2.24) is 10.6 Å². The highest BCUT2D eigenvalue weighted by Gasteiger charge is 2.36. The van der Waals surface area contributed by atoms with E-state index < -0.39 is 11.6 Å². The van der Waals surface area contributed by atoms with Crippen LogP contribution in [0.3, 0.4) is 0 Å². The predicted molar refractivity (Wildman–Crippen MR) is 88.4 cm³/mol. The molecule has 2 N–H and O–H groups in total. The fourth-order valence-corrected chi connectivity index (χ4v) is 3.05. The monoisotopic (exact) mass is 346 g/mol. The van der Waals surface area contributed by atoms with Crippen molar-refractivity contribution < 1.29 is 9.18 Å². The highest BCUT2D eigenvalue weighted by Crippen LogP contribution is 2.34. The van der Waals surface area contributed by atoms with Gasteiger partial charge in [0.1, 0.15) is 0 Å². The number of rotatable bonds is 4. The van der Waals surface area contributed by atoms with Crippen molar-refractivity contribution in [3.63, 3.8) is 0 Å². The van der Waals surface area contributed by atoms with Crippen molar-refractivity contribution >= 4 is 29.1 Å². The molecule has 0 aliphatic carbocycles. The summed E-state index contributed by atoms with van der Waals surface area (Å²) >= 11 is 12.1. The summed E-state index contributed by atoms with van der Waals surface area (Å²) in [6, 6.07) is 5.52. The third-order valence-electron chi connectivity index (χ3n) is 4.13. The quantitative estimate of drug-likeness (QED) is 0.876.